The SMILES string of the molecule is CC(=O)n1cc(NC(=O)N2CCC[C@H]2C(=O)Nc2cccc(OC(F)(F)F)c2)c2ccccc21. The molecule has 34 heavy (non-hydrogen) atoms. The highest BCUT2D eigenvalue weighted by Gasteiger charge is 2.35. The Balaban J connectivity index is 1.48. The van der Waals surface area contributed by atoms with Gasteiger partial charge in [0.05, 0.1) is 11.2 Å². The first-order valence-corrected chi connectivity index (χ1v) is 10.5. The van der Waals surface area contributed by atoms with E-state index in [1.807, 2.05) is 0 Å². The average molecular weight is 474 g/mol. The van der Waals surface area contributed by atoms with Crippen LogP contribution >= 0.6 is 0 Å². The summed E-state index contributed by atoms with van der Waals surface area (Å²) in [6, 6.07) is 10.7. The first-order chi connectivity index (χ1) is 16.1. The molecule has 0 radical (unpaired) electrons. The molecule has 0 bridgehead atoms. The lowest BCUT2D eigenvalue weighted by molar-refractivity contribution is -0.274. The minimum atomic E-state index is -4.85. The zero-order valence-electron chi connectivity index (χ0n) is 18.1. The van der Waals surface area contributed by atoms with Crippen LogP contribution in [0.2, 0.25) is 0 Å². The first-order valence-electron chi connectivity index (χ1n) is 10.5. The minimum Gasteiger partial charge on any atom is -0.406 e. The van der Waals surface area contributed by atoms with Gasteiger partial charge in [0, 0.05) is 36.8 Å². The molecule has 0 spiro atoms. The number of benzene rings is 2. The fourth-order valence-electron chi connectivity index (χ4n) is 4.01. The molecule has 1 aromatic heterocycles. The maximum atomic E-state index is 13.0. The van der Waals surface area contributed by atoms with Gasteiger partial charge in [-0.05, 0) is 31.0 Å². The monoisotopic (exact) mass is 474 g/mol. The zero-order valence-corrected chi connectivity index (χ0v) is 18.1. The van der Waals surface area contributed by atoms with Crippen molar-refractivity contribution < 1.29 is 32.3 Å². The van der Waals surface area contributed by atoms with E-state index in [1.165, 1.54) is 34.7 Å². The number of alkyl halides is 3. The van der Waals surface area contributed by atoms with Crippen molar-refractivity contribution in [2.24, 2.45) is 0 Å². The lowest BCUT2D eigenvalue weighted by atomic mass is 10.2. The number of carbonyl (C=O) groups is 3. The number of fused-ring (bicyclic) bond motifs is 1. The quantitative estimate of drug-likeness (QED) is 0.566. The number of rotatable bonds is 4. The summed E-state index contributed by atoms with van der Waals surface area (Å²) >= 11 is 0. The van der Waals surface area contributed by atoms with Crippen LogP contribution in [0, 0.1) is 0 Å². The molecule has 0 saturated carbocycles. The molecular formula is C23H21F3N4O4. The second kappa shape index (κ2) is 9.08. The van der Waals surface area contributed by atoms with Crippen molar-refractivity contribution in [2.75, 3.05) is 17.2 Å². The third-order valence-corrected chi connectivity index (χ3v) is 5.44. The van der Waals surface area contributed by atoms with E-state index in [4.69, 9.17) is 0 Å². The van der Waals surface area contributed by atoms with E-state index in [9.17, 15) is 27.6 Å². The second-order valence-electron chi connectivity index (χ2n) is 7.80. The van der Waals surface area contributed by atoms with Gasteiger partial charge in [0.25, 0.3) is 0 Å². The maximum absolute atomic E-state index is 13.0. The van der Waals surface area contributed by atoms with Crippen LogP contribution in [0.4, 0.5) is 29.3 Å². The van der Waals surface area contributed by atoms with Gasteiger partial charge in [0.2, 0.25) is 11.8 Å². The lowest BCUT2D eigenvalue weighted by Crippen LogP contribution is -2.45. The van der Waals surface area contributed by atoms with Crippen LogP contribution in [0.1, 0.15) is 24.6 Å². The topological polar surface area (TPSA) is 92.7 Å². The van der Waals surface area contributed by atoms with Crippen LogP contribution in [-0.2, 0) is 4.79 Å². The molecule has 2 N–H and O–H groups in total. The molecule has 3 amide bonds. The van der Waals surface area contributed by atoms with Crippen molar-refractivity contribution in [1.29, 1.82) is 0 Å². The predicted octanol–water partition coefficient (Wildman–Crippen LogP) is 4.84. The highest BCUT2D eigenvalue weighted by atomic mass is 19.4. The lowest BCUT2D eigenvalue weighted by Gasteiger charge is -2.24. The van der Waals surface area contributed by atoms with Gasteiger partial charge in [0.15, 0.2) is 0 Å². The van der Waals surface area contributed by atoms with E-state index in [0.717, 1.165) is 12.1 Å². The predicted molar refractivity (Wildman–Crippen MR) is 119 cm³/mol. The summed E-state index contributed by atoms with van der Waals surface area (Å²) in [5.41, 5.74) is 1.18. The number of hydrogen-bond acceptors (Lipinski definition) is 4. The Morgan fingerprint density at radius 2 is 1.82 bits per heavy atom. The van der Waals surface area contributed by atoms with Gasteiger partial charge < -0.3 is 20.3 Å². The Labute approximate surface area is 192 Å². The van der Waals surface area contributed by atoms with Crippen molar-refractivity contribution in [3.05, 3.63) is 54.7 Å². The molecule has 4 rings (SSSR count). The van der Waals surface area contributed by atoms with Crippen molar-refractivity contribution in [2.45, 2.75) is 32.2 Å². The van der Waals surface area contributed by atoms with E-state index in [1.54, 1.807) is 24.3 Å². The number of nitrogens with one attached hydrogen (secondary N) is 2. The molecule has 2 heterocycles. The van der Waals surface area contributed by atoms with E-state index in [-0.39, 0.29) is 11.6 Å². The molecule has 178 valence electrons. The van der Waals surface area contributed by atoms with Gasteiger partial charge in [-0.25, -0.2) is 4.79 Å². The fraction of sp³-hybridized carbons (Fsp3) is 0.261. The summed E-state index contributed by atoms with van der Waals surface area (Å²) in [5.74, 6) is -1.21. The standard InChI is InChI=1S/C23H21F3N4O4/c1-14(31)30-13-18(17-8-2-3-9-19(17)30)28-22(33)29-11-5-10-20(29)21(32)27-15-6-4-7-16(12-15)34-23(24,25)26/h2-4,6-9,12-13,20H,5,10-11H2,1H3,(H,27,32)(H,28,33)/t20-/m0/s1. The number of hydrogen-bond donors (Lipinski definition) is 2. The average Bonchev–Trinajstić information content (AvgIpc) is 3.38. The molecule has 3 aromatic rings. The fourth-order valence-corrected chi connectivity index (χ4v) is 4.01. The third kappa shape index (κ3) is 4.98. The van der Waals surface area contributed by atoms with Crippen molar-refractivity contribution in [1.82, 2.24) is 9.47 Å². The van der Waals surface area contributed by atoms with Crippen LogP contribution in [0.15, 0.2) is 54.7 Å². The number of nitrogens with zero attached hydrogens (tertiary/aromatic N) is 2. The Morgan fingerprint density at radius 3 is 2.56 bits per heavy atom. The number of halogens is 3. The Morgan fingerprint density at radius 1 is 1.06 bits per heavy atom. The van der Waals surface area contributed by atoms with Crippen molar-refractivity contribution in [3.63, 3.8) is 0 Å². The summed E-state index contributed by atoms with van der Waals surface area (Å²) in [6.07, 6.45) is -2.35. The van der Waals surface area contributed by atoms with Crippen molar-refractivity contribution >= 4 is 40.1 Å². The van der Waals surface area contributed by atoms with Crippen molar-refractivity contribution in [3.8, 4) is 5.75 Å². The Bertz CT molecular complexity index is 1250. The minimum absolute atomic E-state index is 0.114. The number of aromatic nitrogens is 1. The van der Waals surface area contributed by atoms with E-state index < -0.39 is 30.1 Å². The van der Waals surface area contributed by atoms with Crippen LogP contribution in [0.5, 0.6) is 5.75 Å². The second-order valence-corrected chi connectivity index (χ2v) is 7.80. The molecule has 11 heteroatoms. The number of likely N-dealkylation sites (tertiary alicyclic amines) is 1. The molecular weight excluding hydrogens is 453 g/mol. The number of urea groups is 1. The zero-order chi connectivity index (χ0) is 24.5. The normalized spacial score (nSPS) is 15.9. The van der Waals surface area contributed by atoms with Crippen LogP contribution in [-0.4, -0.2) is 46.3 Å². The molecule has 0 unspecified atom stereocenters. The highest BCUT2D eigenvalue weighted by molar-refractivity contribution is 6.06. The molecule has 1 fully saturated rings. The van der Waals surface area contributed by atoms with Gasteiger partial charge >= 0.3 is 12.4 Å². The van der Waals surface area contributed by atoms with Gasteiger partial charge in [-0.15, -0.1) is 13.2 Å². The number of ether oxygens (including phenoxy) is 1. The molecule has 1 aliphatic heterocycles. The smallest absolute Gasteiger partial charge is 0.406 e. The third-order valence-electron chi connectivity index (χ3n) is 5.44. The van der Waals surface area contributed by atoms with Gasteiger partial charge in [0.1, 0.15) is 11.8 Å². The summed E-state index contributed by atoms with van der Waals surface area (Å²) < 4.78 is 42.7. The number of para-hydroxylation sites is 1. The molecule has 1 saturated heterocycles. The molecule has 8 nitrogen and oxygen atoms in total. The molecule has 1 atom stereocenters. The van der Waals surface area contributed by atoms with E-state index in [0.29, 0.717) is 36.0 Å². The Hall–Kier alpha value is -4.02. The first kappa shape index (κ1) is 23.1. The number of amides is 3. The summed E-state index contributed by atoms with van der Waals surface area (Å²) in [4.78, 5) is 39.2. The van der Waals surface area contributed by atoms with Gasteiger partial charge in [-0.1, -0.05) is 24.3 Å². The van der Waals surface area contributed by atoms with Crippen LogP contribution < -0.4 is 15.4 Å². The number of carbonyl (C=O) groups excluding carboxylic acids is 3. The number of anilines is 2. The highest BCUT2D eigenvalue weighted by Crippen LogP contribution is 2.28. The summed E-state index contributed by atoms with van der Waals surface area (Å²) in [7, 11) is 0. The largest absolute Gasteiger partial charge is 0.573 e. The van der Waals surface area contributed by atoms with E-state index in [2.05, 4.69) is 15.4 Å². The van der Waals surface area contributed by atoms with Gasteiger partial charge in [-0.2, -0.15) is 0 Å². The van der Waals surface area contributed by atoms with Crippen LogP contribution in [0.3, 0.4) is 0 Å². The van der Waals surface area contributed by atoms with Gasteiger partial charge in [-0.3, -0.25) is 14.2 Å². The summed E-state index contributed by atoms with van der Waals surface area (Å²) in [6.45, 7) is 1.74. The van der Waals surface area contributed by atoms with E-state index >= 15 is 0 Å². The van der Waals surface area contributed by atoms with Crippen LogP contribution in [0.25, 0.3) is 10.9 Å². The maximum Gasteiger partial charge on any atom is 0.573 e. The molecule has 2 aromatic carbocycles. The summed E-state index contributed by atoms with van der Waals surface area (Å²) in [5, 5.41) is 6.00. The molecule has 0 aliphatic carbocycles. The molecule has 1 aliphatic rings. The Kier molecular flexibility index (Phi) is 6.18.